The molecule has 0 bridgehead atoms. The van der Waals surface area contributed by atoms with Crippen molar-refractivity contribution in [2.24, 2.45) is 0 Å². The summed E-state index contributed by atoms with van der Waals surface area (Å²) in [6.07, 6.45) is -3.19. The number of nitrogens with zero attached hydrogens (tertiary/aromatic N) is 1. The van der Waals surface area contributed by atoms with Crippen molar-refractivity contribution in [3.8, 4) is 5.75 Å². The number of rotatable bonds is 5. The second kappa shape index (κ2) is 9.23. The van der Waals surface area contributed by atoms with Crippen LogP contribution in [-0.2, 0) is 6.54 Å². The number of alkyl halides is 3. The molecule has 1 N–H and O–H groups in total. The van der Waals surface area contributed by atoms with Crippen LogP contribution in [0.3, 0.4) is 0 Å². The summed E-state index contributed by atoms with van der Waals surface area (Å²) in [5.74, 6) is -0.685. The quantitative estimate of drug-likeness (QED) is 0.367. The zero-order chi connectivity index (χ0) is 24.5. The first-order valence-electron chi connectivity index (χ1n) is 10.2. The highest BCUT2D eigenvalue weighted by Crippen LogP contribution is 2.25. The van der Waals surface area contributed by atoms with Crippen LogP contribution in [0.4, 0.5) is 18.9 Å². The second-order valence-electron chi connectivity index (χ2n) is 7.57. The molecule has 1 aromatic heterocycles. The average Bonchev–Trinajstić information content (AvgIpc) is 2.78. The zero-order valence-electron chi connectivity index (χ0n) is 17.8. The van der Waals surface area contributed by atoms with E-state index >= 15 is 0 Å². The van der Waals surface area contributed by atoms with Crippen molar-refractivity contribution in [1.29, 1.82) is 0 Å². The third-order valence-electron chi connectivity index (χ3n) is 5.29. The molecule has 0 fully saturated rings. The number of hydrogen-bond acceptors (Lipinski definition) is 3. The van der Waals surface area contributed by atoms with Gasteiger partial charge in [0.25, 0.3) is 11.5 Å². The van der Waals surface area contributed by atoms with E-state index in [9.17, 15) is 22.8 Å². The molecule has 3 aromatic carbocycles. The van der Waals surface area contributed by atoms with Crippen LogP contribution in [-0.4, -0.2) is 16.8 Å². The minimum Gasteiger partial charge on any atom is -0.406 e. The summed E-state index contributed by atoms with van der Waals surface area (Å²) in [6, 6.07) is 17.1. The largest absolute Gasteiger partial charge is 0.573 e. The van der Waals surface area contributed by atoms with Crippen LogP contribution < -0.4 is 15.6 Å². The van der Waals surface area contributed by atoms with Crippen molar-refractivity contribution < 1.29 is 22.7 Å². The number of anilines is 1. The maximum absolute atomic E-state index is 13.1. The van der Waals surface area contributed by atoms with Gasteiger partial charge in [0.05, 0.1) is 6.54 Å². The molecule has 174 valence electrons. The topological polar surface area (TPSA) is 60.3 Å². The predicted octanol–water partition coefficient (Wildman–Crippen LogP) is 6.16. The molecule has 34 heavy (non-hydrogen) atoms. The Balaban J connectivity index is 1.60. The number of nitrogens with one attached hydrogen (secondary N) is 1. The first kappa shape index (κ1) is 23.4. The maximum Gasteiger partial charge on any atom is 0.573 e. The number of amides is 1. The lowest BCUT2D eigenvalue weighted by molar-refractivity contribution is -0.274. The van der Waals surface area contributed by atoms with E-state index in [1.807, 2.05) is 0 Å². The number of fused-ring (bicyclic) bond motifs is 1. The minimum absolute atomic E-state index is 0.152. The fraction of sp³-hybridized carbons (Fsp3) is 0.120. The Morgan fingerprint density at radius 1 is 1.00 bits per heavy atom. The summed E-state index contributed by atoms with van der Waals surface area (Å²) in [5, 5.41) is 4.27. The van der Waals surface area contributed by atoms with Gasteiger partial charge < -0.3 is 14.6 Å². The van der Waals surface area contributed by atoms with Gasteiger partial charge in [-0.1, -0.05) is 35.9 Å². The molecule has 1 heterocycles. The highest BCUT2D eigenvalue weighted by molar-refractivity contribution is 6.32. The minimum atomic E-state index is -4.77. The van der Waals surface area contributed by atoms with E-state index in [2.05, 4.69) is 10.1 Å². The molecule has 0 aliphatic carbocycles. The molecule has 4 aromatic rings. The Hall–Kier alpha value is -3.78. The number of hydrogen-bond donors (Lipinski definition) is 1. The van der Waals surface area contributed by atoms with Crippen LogP contribution in [0.25, 0.3) is 10.8 Å². The number of aromatic nitrogens is 1. The second-order valence-corrected chi connectivity index (χ2v) is 7.98. The molecule has 0 spiro atoms. The van der Waals surface area contributed by atoms with E-state index in [0.29, 0.717) is 38.2 Å². The van der Waals surface area contributed by atoms with E-state index in [1.54, 1.807) is 55.6 Å². The summed E-state index contributed by atoms with van der Waals surface area (Å²) < 4.78 is 42.3. The van der Waals surface area contributed by atoms with E-state index in [1.165, 1.54) is 28.8 Å². The van der Waals surface area contributed by atoms with Crippen LogP contribution in [0.2, 0.25) is 5.02 Å². The number of carbonyl (C=O) groups excluding carboxylic acids is 1. The van der Waals surface area contributed by atoms with Gasteiger partial charge in [-0.3, -0.25) is 9.59 Å². The molecule has 0 saturated carbocycles. The van der Waals surface area contributed by atoms with E-state index in [0.717, 1.165) is 0 Å². The van der Waals surface area contributed by atoms with Gasteiger partial charge in [0, 0.05) is 33.2 Å². The van der Waals surface area contributed by atoms with Crippen molar-refractivity contribution >= 4 is 34.0 Å². The molecule has 0 saturated heterocycles. The smallest absolute Gasteiger partial charge is 0.406 e. The Bertz CT molecular complexity index is 1430. The first-order chi connectivity index (χ1) is 16.1. The van der Waals surface area contributed by atoms with Crippen LogP contribution in [0.15, 0.2) is 77.7 Å². The molecular formula is C25H18ClF3N2O3. The predicted molar refractivity (Wildman–Crippen MR) is 125 cm³/mol. The Morgan fingerprint density at radius 2 is 1.71 bits per heavy atom. The average molecular weight is 487 g/mol. The van der Waals surface area contributed by atoms with Gasteiger partial charge in [-0.15, -0.1) is 13.2 Å². The molecule has 0 atom stereocenters. The van der Waals surface area contributed by atoms with Crippen molar-refractivity contribution in [2.45, 2.75) is 19.8 Å². The Labute approximate surface area is 197 Å². The molecular weight excluding hydrogens is 469 g/mol. The molecule has 0 aliphatic rings. The maximum atomic E-state index is 13.1. The summed E-state index contributed by atoms with van der Waals surface area (Å²) in [7, 11) is 0. The lowest BCUT2D eigenvalue weighted by atomic mass is 10.1. The Morgan fingerprint density at radius 3 is 2.41 bits per heavy atom. The molecule has 9 heteroatoms. The number of benzene rings is 3. The number of pyridine rings is 1. The molecule has 4 rings (SSSR count). The van der Waals surface area contributed by atoms with Crippen LogP contribution in [0, 0.1) is 6.92 Å². The van der Waals surface area contributed by atoms with Crippen molar-refractivity contribution in [3.63, 3.8) is 0 Å². The van der Waals surface area contributed by atoms with Gasteiger partial charge in [-0.05, 0) is 60.5 Å². The summed E-state index contributed by atoms with van der Waals surface area (Å²) >= 11 is 6.12. The normalized spacial score (nSPS) is 11.4. The van der Waals surface area contributed by atoms with E-state index in [-0.39, 0.29) is 23.8 Å². The van der Waals surface area contributed by atoms with Crippen LogP contribution >= 0.6 is 11.6 Å². The van der Waals surface area contributed by atoms with Crippen molar-refractivity contribution in [2.75, 3.05) is 5.32 Å². The molecule has 5 nitrogen and oxygen atoms in total. The zero-order valence-corrected chi connectivity index (χ0v) is 18.6. The van der Waals surface area contributed by atoms with Gasteiger partial charge in [0.1, 0.15) is 5.75 Å². The standard InChI is InChI=1S/C25H18ClF3N2O3/c1-15-18(4-2-6-21(15)26)23(32)30-22-7-3-5-20-19(22)12-13-31(24(20)33)14-16-8-10-17(11-9-16)34-25(27,28)29/h2-13H,14H2,1H3,(H,30,32). The third kappa shape index (κ3) is 5.07. The fourth-order valence-corrected chi connectivity index (χ4v) is 3.76. The Kier molecular flexibility index (Phi) is 6.34. The van der Waals surface area contributed by atoms with Gasteiger partial charge in [0.2, 0.25) is 0 Å². The van der Waals surface area contributed by atoms with E-state index in [4.69, 9.17) is 11.6 Å². The van der Waals surface area contributed by atoms with Crippen molar-refractivity contribution in [3.05, 3.63) is 105 Å². The van der Waals surface area contributed by atoms with Crippen LogP contribution in [0.5, 0.6) is 5.75 Å². The number of ether oxygens (including phenoxy) is 1. The summed E-state index contributed by atoms with van der Waals surface area (Å²) in [6.45, 7) is 1.90. The summed E-state index contributed by atoms with van der Waals surface area (Å²) in [5.41, 5.74) is 1.87. The monoisotopic (exact) mass is 486 g/mol. The molecule has 0 aliphatic heterocycles. The third-order valence-corrected chi connectivity index (χ3v) is 5.70. The molecule has 1 amide bonds. The van der Waals surface area contributed by atoms with Crippen LogP contribution in [0.1, 0.15) is 21.5 Å². The molecule has 0 unspecified atom stereocenters. The first-order valence-corrected chi connectivity index (χ1v) is 10.5. The van der Waals surface area contributed by atoms with Gasteiger partial charge in [0.15, 0.2) is 0 Å². The number of carbonyl (C=O) groups is 1. The SMILES string of the molecule is Cc1c(Cl)cccc1C(=O)Nc1cccc2c(=O)n(Cc3ccc(OC(F)(F)F)cc3)ccc12. The highest BCUT2D eigenvalue weighted by atomic mass is 35.5. The van der Waals surface area contributed by atoms with Gasteiger partial charge in [-0.2, -0.15) is 0 Å². The fourth-order valence-electron chi connectivity index (χ4n) is 3.59. The van der Waals surface area contributed by atoms with Gasteiger partial charge in [-0.25, -0.2) is 0 Å². The lowest BCUT2D eigenvalue weighted by Crippen LogP contribution is -2.21. The summed E-state index contributed by atoms with van der Waals surface area (Å²) in [4.78, 5) is 25.9. The number of halogens is 4. The van der Waals surface area contributed by atoms with Crippen molar-refractivity contribution in [1.82, 2.24) is 4.57 Å². The van der Waals surface area contributed by atoms with Gasteiger partial charge >= 0.3 is 6.36 Å². The lowest BCUT2D eigenvalue weighted by Gasteiger charge is -2.13. The van der Waals surface area contributed by atoms with E-state index < -0.39 is 6.36 Å². The molecule has 0 radical (unpaired) electrons. The highest BCUT2D eigenvalue weighted by Gasteiger charge is 2.30.